The second-order valence-electron chi connectivity index (χ2n) is 16.5. The number of nitrogens with zero attached hydrogens (tertiary/aromatic N) is 1. The molecule has 0 aliphatic rings. The van der Waals surface area contributed by atoms with Crippen molar-refractivity contribution in [3.8, 4) is 0 Å². The van der Waals surface area contributed by atoms with Crippen molar-refractivity contribution >= 4 is 23.9 Å². The zero-order valence-corrected chi connectivity index (χ0v) is 38.8. The van der Waals surface area contributed by atoms with E-state index < -0.39 is 18.0 Å². The molecule has 0 bridgehead atoms. The van der Waals surface area contributed by atoms with Crippen LogP contribution in [0.2, 0.25) is 0 Å². The van der Waals surface area contributed by atoms with E-state index in [-0.39, 0.29) is 24.5 Å². The molecule has 0 rings (SSSR count). The fourth-order valence-corrected chi connectivity index (χ4v) is 7.57. The molecular weight excluding hydrogens is 751 g/mol. The van der Waals surface area contributed by atoms with Gasteiger partial charge >= 0.3 is 23.9 Å². The van der Waals surface area contributed by atoms with E-state index in [1.165, 1.54) is 123 Å². The van der Waals surface area contributed by atoms with Crippen LogP contribution in [0.15, 0.2) is 0 Å². The van der Waals surface area contributed by atoms with Gasteiger partial charge in [-0.2, -0.15) is 9.78 Å². The molecule has 0 aliphatic carbocycles. The molecule has 0 aromatic rings. The Labute approximate surface area is 361 Å². The molecule has 0 fully saturated rings. The van der Waals surface area contributed by atoms with Gasteiger partial charge in [-0.25, -0.2) is 9.59 Å². The summed E-state index contributed by atoms with van der Waals surface area (Å²) in [7, 11) is 2.49. The van der Waals surface area contributed by atoms with Crippen LogP contribution in [0.3, 0.4) is 0 Å². The van der Waals surface area contributed by atoms with Gasteiger partial charge in [0.2, 0.25) is 0 Å². The van der Waals surface area contributed by atoms with Crippen LogP contribution in [0.25, 0.3) is 0 Å². The predicted molar refractivity (Wildman–Crippen MR) is 236 cm³/mol. The van der Waals surface area contributed by atoms with Crippen LogP contribution in [0.4, 0.5) is 0 Å². The SMILES string of the molecule is CCCCCCCCCCCOC(=O)CCCCCN(CCCCCCCC(=O)OC(CCCCCCCC)CCCCCCCC)C(CC(=O)OOC)C(=O)OOC. The standard InChI is InChI=1S/C48H91NO10/c1-6-9-12-15-18-19-20-26-34-41-56-45(50)37-31-27-33-40-49(44(48(53)59-55-5)42-47(52)58-54-4)39-32-25-21-24-30-38-46(51)57-43(35-28-22-16-13-10-7-2)36-29-23-17-14-11-8-3/h43-44H,6-42H2,1-5H3. The molecule has 0 saturated heterocycles. The number of ether oxygens (including phenoxy) is 2. The van der Waals surface area contributed by atoms with Crippen molar-refractivity contribution in [1.29, 1.82) is 0 Å². The van der Waals surface area contributed by atoms with Crippen LogP contribution in [-0.2, 0) is 48.2 Å². The lowest BCUT2D eigenvalue weighted by molar-refractivity contribution is -0.265. The van der Waals surface area contributed by atoms with Crippen molar-refractivity contribution in [2.75, 3.05) is 33.9 Å². The molecule has 1 unspecified atom stereocenters. The molecule has 59 heavy (non-hydrogen) atoms. The Balaban J connectivity index is 4.78. The summed E-state index contributed by atoms with van der Waals surface area (Å²) in [5.41, 5.74) is 0. The van der Waals surface area contributed by atoms with Gasteiger partial charge in [0.1, 0.15) is 12.1 Å². The lowest BCUT2D eigenvalue weighted by Gasteiger charge is -2.29. The van der Waals surface area contributed by atoms with Crippen LogP contribution < -0.4 is 0 Å². The quantitative estimate of drug-likeness (QED) is 0.0252. The molecule has 11 nitrogen and oxygen atoms in total. The normalized spacial score (nSPS) is 11.9. The minimum atomic E-state index is -0.908. The average molecular weight is 842 g/mol. The fourth-order valence-electron chi connectivity index (χ4n) is 7.57. The van der Waals surface area contributed by atoms with E-state index in [0.717, 1.165) is 83.5 Å². The molecule has 0 heterocycles. The van der Waals surface area contributed by atoms with Gasteiger partial charge in [0.05, 0.1) is 27.2 Å². The zero-order chi connectivity index (χ0) is 43.4. The van der Waals surface area contributed by atoms with Gasteiger partial charge in [-0.05, 0) is 70.9 Å². The number of hydrogen-bond donors (Lipinski definition) is 0. The predicted octanol–water partition coefficient (Wildman–Crippen LogP) is 12.6. The van der Waals surface area contributed by atoms with Crippen molar-refractivity contribution in [2.24, 2.45) is 0 Å². The van der Waals surface area contributed by atoms with Crippen molar-refractivity contribution in [2.45, 2.75) is 251 Å². The highest BCUT2D eigenvalue weighted by molar-refractivity contribution is 5.82. The summed E-state index contributed by atoms with van der Waals surface area (Å²) in [4.78, 5) is 71.2. The van der Waals surface area contributed by atoms with E-state index in [4.69, 9.17) is 14.4 Å². The van der Waals surface area contributed by atoms with Gasteiger partial charge in [-0.15, -0.1) is 0 Å². The summed E-state index contributed by atoms with van der Waals surface area (Å²) >= 11 is 0. The maximum absolute atomic E-state index is 12.9. The second-order valence-corrected chi connectivity index (χ2v) is 16.5. The zero-order valence-electron chi connectivity index (χ0n) is 38.8. The van der Waals surface area contributed by atoms with Crippen molar-refractivity contribution in [1.82, 2.24) is 4.90 Å². The van der Waals surface area contributed by atoms with Gasteiger partial charge in [0.25, 0.3) is 0 Å². The number of unbranched alkanes of at least 4 members (excludes halogenated alkanes) is 24. The average Bonchev–Trinajstić information content (AvgIpc) is 3.22. The van der Waals surface area contributed by atoms with Gasteiger partial charge in [-0.3, -0.25) is 24.3 Å². The maximum Gasteiger partial charge on any atom is 0.359 e. The summed E-state index contributed by atoms with van der Waals surface area (Å²) in [5, 5.41) is 0. The first kappa shape index (κ1) is 56.8. The Morgan fingerprint density at radius 1 is 0.441 bits per heavy atom. The maximum atomic E-state index is 12.9. The number of carbonyl (C=O) groups excluding carboxylic acids is 4. The molecule has 1 atom stereocenters. The minimum absolute atomic E-state index is 0.0351. The second kappa shape index (κ2) is 43.8. The van der Waals surface area contributed by atoms with Gasteiger partial charge in [0.15, 0.2) is 0 Å². The molecule has 0 spiro atoms. The number of carbonyl (C=O) groups is 4. The van der Waals surface area contributed by atoms with E-state index in [0.29, 0.717) is 39.0 Å². The Bertz CT molecular complexity index is 963. The van der Waals surface area contributed by atoms with Gasteiger partial charge in [0, 0.05) is 12.8 Å². The Morgan fingerprint density at radius 2 is 0.847 bits per heavy atom. The highest BCUT2D eigenvalue weighted by atomic mass is 17.2. The molecule has 0 aromatic heterocycles. The van der Waals surface area contributed by atoms with Crippen molar-refractivity contribution in [3.05, 3.63) is 0 Å². The Kier molecular flexibility index (Phi) is 42.2. The molecule has 0 saturated carbocycles. The first-order valence-electron chi connectivity index (χ1n) is 24.4. The first-order valence-corrected chi connectivity index (χ1v) is 24.4. The Morgan fingerprint density at radius 3 is 1.34 bits per heavy atom. The number of esters is 2. The topological polar surface area (TPSA) is 127 Å². The number of hydrogen-bond acceptors (Lipinski definition) is 11. The van der Waals surface area contributed by atoms with Crippen LogP contribution in [0.5, 0.6) is 0 Å². The molecule has 0 aliphatic heterocycles. The highest BCUT2D eigenvalue weighted by Crippen LogP contribution is 2.19. The third-order valence-corrected chi connectivity index (χ3v) is 11.1. The molecule has 0 aromatic carbocycles. The lowest BCUT2D eigenvalue weighted by atomic mass is 10.0. The molecule has 0 radical (unpaired) electrons. The molecule has 0 N–H and O–H groups in total. The van der Waals surface area contributed by atoms with Crippen molar-refractivity contribution < 1.29 is 48.2 Å². The van der Waals surface area contributed by atoms with Crippen LogP contribution in [0.1, 0.15) is 239 Å². The Hall–Kier alpha value is -2.24. The van der Waals surface area contributed by atoms with E-state index >= 15 is 0 Å². The highest BCUT2D eigenvalue weighted by Gasteiger charge is 2.31. The van der Waals surface area contributed by atoms with Crippen LogP contribution in [-0.4, -0.2) is 74.8 Å². The summed E-state index contributed by atoms with van der Waals surface area (Å²) in [6.45, 7) is 8.28. The lowest BCUT2D eigenvalue weighted by Crippen LogP contribution is -2.45. The van der Waals surface area contributed by atoms with E-state index in [1.807, 2.05) is 4.90 Å². The molecule has 11 heteroatoms. The molecular formula is C48H91NO10. The van der Waals surface area contributed by atoms with Crippen LogP contribution >= 0.6 is 0 Å². The van der Waals surface area contributed by atoms with Crippen molar-refractivity contribution in [3.63, 3.8) is 0 Å². The van der Waals surface area contributed by atoms with Crippen LogP contribution in [0, 0.1) is 0 Å². The van der Waals surface area contributed by atoms with E-state index in [2.05, 4.69) is 35.4 Å². The third kappa shape index (κ3) is 37.3. The summed E-state index contributed by atoms with van der Waals surface area (Å²) < 4.78 is 11.5. The summed E-state index contributed by atoms with van der Waals surface area (Å²) in [6, 6.07) is -0.908. The smallest absolute Gasteiger partial charge is 0.359 e. The monoisotopic (exact) mass is 842 g/mol. The molecule has 0 amide bonds. The first-order chi connectivity index (χ1) is 28.8. The van der Waals surface area contributed by atoms with E-state index in [1.54, 1.807) is 0 Å². The summed E-state index contributed by atoms with van der Waals surface area (Å²) in [6.07, 6.45) is 34.9. The van der Waals surface area contributed by atoms with Gasteiger partial charge < -0.3 is 9.47 Å². The number of rotatable bonds is 45. The largest absolute Gasteiger partial charge is 0.466 e. The minimum Gasteiger partial charge on any atom is -0.466 e. The third-order valence-electron chi connectivity index (χ3n) is 11.1. The van der Waals surface area contributed by atoms with Gasteiger partial charge in [-0.1, -0.05) is 162 Å². The fraction of sp³-hybridized carbons (Fsp3) is 0.917. The van der Waals surface area contributed by atoms with E-state index in [9.17, 15) is 19.2 Å². The summed E-state index contributed by atoms with van der Waals surface area (Å²) in [5.74, 6) is -1.60. The molecule has 348 valence electrons.